The molecule has 1 aliphatic carbocycles. The molecule has 3 aromatic rings. The summed E-state index contributed by atoms with van der Waals surface area (Å²) in [5.74, 6) is -0.253. The van der Waals surface area contributed by atoms with Crippen LogP contribution in [0.5, 0.6) is 5.75 Å². The average Bonchev–Trinajstić information content (AvgIpc) is 2.67. The van der Waals surface area contributed by atoms with Crippen molar-refractivity contribution in [3.05, 3.63) is 77.1 Å². The summed E-state index contributed by atoms with van der Waals surface area (Å²) in [6.45, 7) is -0.744. The summed E-state index contributed by atoms with van der Waals surface area (Å²) >= 11 is 0. The molecule has 0 unspecified atom stereocenters. The molecule has 0 aliphatic heterocycles. The van der Waals surface area contributed by atoms with Crippen LogP contribution < -0.4 is 4.74 Å². The first-order valence-electron chi connectivity index (χ1n) is 9.05. The van der Waals surface area contributed by atoms with E-state index in [1.165, 1.54) is 23.3 Å². The monoisotopic (exact) mass is 368 g/mol. The first-order valence-corrected chi connectivity index (χ1v) is 9.05. The topological polar surface area (TPSA) is 9.23 Å². The van der Waals surface area contributed by atoms with Crippen LogP contribution in [0.15, 0.2) is 54.6 Å². The van der Waals surface area contributed by atoms with Crippen LogP contribution in [0.25, 0.3) is 22.3 Å². The molecule has 0 heterocycles. The Hall–Kier alpha value is -2.75. The predicted molar refractivity (Wildman–Crippen MR) is 101 cm³/mol. The zero-order valence-electron chi connectivity index (χ0n) is 14.9. The maximum Gasteiger partial charge on any atom is 0.387 e. The Morgan fingerprint density at radius 2 is 1.56 bits per heavy atom. The number of hydrogen-bond acceptors (Lipinski definition) is 1. The molecule has 0 saturated carbocycles. The lowest BCUT2D eigenvalue weighted by Crippen LogP contribution is -2.06. The lowest BCUT2D eigenvalue weighted by Gasteiger charge is -2.22. The van der Waals surface area contributed by atoms with Gasteiger partial charge in [-0.1, -0.05) is 37.3 Å². The Labute approximate surface area is 156 Å². The highest BCUT2D eigenvalue weighted by Gasteiger charge is 2.19. The average molecular weight is 368 g/mol. The maximum atomic E-state index is 14.9. The highest BCUT2D eigenvalue weighted by Crippen LogP contribution is 2.38. The Morgan fingerprint density at radius 1 is 0.852 bits per heavy atom. The fourth-order valence-electron chi connectivity index (χ4n) is 3.72. The summed E-state index contributed by atoms with van der Waals surface area (Å²) in [5, 5.41) is 0. The van der Waals surface area contributed by atoms with Gasteiger partial charge in [0.2, 0.25) is 0 Å². The van der Waals surface area contributed by atoms with Crippen molar-refractivity contribution in [3.63, 3.8) is 0 Å². The number of benzene rings is 3. The van der Waals surface area contributed by atoms with Crippen molar-refractivity contribution < 1.29 is 17.9 Å². The van der Waals surface area contributed by atoms with Crippen molar-refractivity contribution in [2.75, 3.05) is 0 Å². The highest BCUT2D eigenvalue weighted by atomic mass is 19.3. The molecule has 1 aliphatic rings. The first kappa shape index (κ1) is 17.7. The fraction of sp³-hybridized carbons (Fsp3) is 0.217. The van der Waals surface area contributed by atoms with E-state index in [1.807, 2.05) is 6.07 Å². The van der Waals surface area contributed by atoms with Crippen molar-refractivity contribution in [3.8, 4) is 28.0 Å². The van der Waals surface area contributed by atoms with Crippen LogP contribution in [0.4, 0.5) is 13.2 Å². The number of aryl methyl sites for hydroxylation is 3. The van der Waals surface area contributed by atoms with Crippen LogP contribution in [-0.2, 0) is 19.3 Å². The van der Waals surface area contributed by atoms with Crippen molar-refractivity contribution in [2.24, 2.45) is 0 Å². The minimum absolute atomic E-state index is 0.0628. The number of ether oxygens (including phenoxy) is 1. The van der Waals surface area contributed by atoms with E-state index in [0.29, 0.717) is 11.1 Å². The highest BCUT2D eigenvalue weighted by molar-refractivity contribution is 5.78. The molecule has 0 saturated heterocycles. The smallest absolute Gasteiger partial charge is 0.387 e. The van der Waals surface area contributed by atoms with Gasteiger partial charge in [0, 0.05) is 5.56 Å². The third kappa shape index (κ3) is 3.44. The molecule has 4 heteroatoms. The molecular weight excluding hydrogens is 349 g/mol. The molecule has 138 valence electrons. The second-order valence-electron chi connectivity index (χ2n) is 6.74. The molecule has 0 aromatic heterocycles. The largest absolute Gasteiger partial charge is 0.435 e. The number of rotatable bonds is 4. The standard InChI is InChI=1S/C23H19F3O/c1-2-14-3-10-19-16(11-14)4-5-17-12-21(22(24)13-20(17)19)15-6-8-18(9-7-15)27-23(25)26/h3,6-13,23H,2,4-5H2,1H3. The van der Waals surface area contributed by atoms with Crippen LogP contribution in [0, 0.1) is 5.82 Å². The molecule has 0 N–H and O–H groups in total. The number of halogens is 3. The molecule has 0 atom stereocenters. The maximum absolute atomic E-state index is 14.9. The van der Waals surface area contributed by atoms with E-state index >= 15 is 0 Å². The van der Waals surface area contributed by atoms with Crippen molar-refractivity contribution >= 4 is 0 Å². The number of hydrogen-bond donors (Lipinski definition) is 0. The molecule has 1 nitrogen and oxygen atoms in total. The first-order chi connectivity index (χ1) is 13.0. The molecule has 0 radical (unpaired) electrons. The van der Waals surface area contributed by atoms with Gasteiger partial charge in [-0.15, -0.1) is 0 Å². The van der Waals surface area contributed by atoms with E-state index in [2.05, 4.69) is 29.9 Å². The zero-order chi connectivity index (χ0) is 19.0. The van der Waals surface area contributed by atoms with E-state index in [9.17, 15) is 13.2 Å². The Kier molecular flexibility index (Phi) is 4.65. The SMILES string of the molecule is CCc1ccc2c(c1)CCc1cc(-c3ccc(OC(F)F)cc3)c(F)cc1-2. The van der Waals surface area contributed by atoms with E-state index in [-0.39, 0.29) is 11.6 Å². The summed E-state index contributed by atoms with van der Waals surface area (Å²) in [4.78, 5) is 0. The lowest BCUT2D eigenvalue weighted by molar-refractivity contribution is -0.0498. The zero-order valence-corrected chi connectivity index (χ0v) is 14.9. The molecule has 0 spiro atoms. The quantitative estimate of drug-likeness (QED) is 0.516. The molecule has 0 bridgehead atoms. The molecule has 0 amide bonds. The second kappa shape index (κ2) is 7.10. The van der Waals surface area contributed by atoms with Crippen molar-refractivity contribution in [1.29, 1.82) is 0 Å². The van der Waals surface area contributed by atoms with Gasteiger partial charge in [0.1, 0.15) is 11.6 Å². The Balaban J connectivity index is 1.72. The van der Waals surface area contributed by atoms with Crippen LogP contribution in [0.3, 0.4) is 0 Å². The van der Waals surface area contributed by atoms with Gasteiger partial charge in [0.25, 0.3) is 0 Å². The number of alkyl halides is 2. The van der Waals surface area contributed by atoms with Gasteiger partial charge in [-0.25, -0.2) is 4.39 Å². The van der Waals surface area contributed by atoms with E-state index in [1.54, 1.807) is 18.2 Å². The summed E-state index contributed by atoms with van der Waals surface area (Å²) in [6, 6.07) is 15.9. The van der Waals surface area contributed by atoms with Crippen LogP contribution in [0.2, 0.25) is 0 Å². The van der Waals surface area contributed by atoms with E-state index in [0.717, 1.165) is 36.0 Å². The van der Waals surface area contributed by atoms with Crippen molar-refractivity contribution in [2.45, 2.75) is 32.8 Å². The second-order valence-corrected chi connectivity index (χ2v) is 6.74. The van der Waals surface area contributed by atoms with E-state index < -0.39 is 6.61 Å². The molecule has 4 rings (SSSR count). The van der Waals surface area contributed by atoms with Gasteiger partial charge in [0.05, 0.1) is 0 Å². The summed E-state index contributed by atoms with van der Waals surface area (Å²) < 4.78 is 43.8. The summed E-state index contributed by atoms with van der Waals surface area (Å²) in [7, 11) is 0. The van der Waals surface area contributed by atoms with E-state index in [4.69, 9.17) is 0 Å². The third-order valence-electron chi connectivity index (χ3n) is 5.12. The van der Waals surface area contributed by atoms with Gasteiger partial charge >= 0.3 is 6.61 Å². The molecule has 3 aromatic carbocycles. The Bertz CT molecular complexity index is 978. The lowest BCUT2D eigenvalue weighted by atomic mass is 9.83. The molecule has 0 fully saturated rings. The van der Waals surface area contributed by atoms with Crippen LogP contribution in [-0.4, -0.2) is 6.61 Å². The fourth-order valence-corrected chi connectivity index (χ4v) is 3.72. The van der Waals surface area contributed by atoms with Gasteiger partial charge in [-0.05, 0) is 76.9 Å². The van der Waals surface area contributed by atoms with Crippen LogP contribution >= 0.6 is 0 Å². The van der Waals surface area contributed by atoms with Gasteiger partial charge in [0.15, 0.2) is 0 Å². The Morgan fingerprint density at radius 3 is 2.22 bits per heavy atom. The van der Waals surface area contributed by atoms with Crippen molar-refractivity contribution in [1.82, 2.24) is 0 Å². The summed E-state index contributed by atoms with van der Waals surface area (Å²) in [6.07, 6.45) is 2.77. The summed E-state index contributed by atoms with van der Waals surface area (Å²) in [5.41, 5.74) is 6.83. The predicted octanol–water partition coefficient (Wildman–Crippen LogP) is 6.42. The molecule has 27 heavy (non-hydrogen) atoms. The van der Waals surface area contributed by atoms with Gasteiger partial charge in [-0.2, -0.15) is 8.78 Å². The minimum Gasteiger partial charge on any atom is -0.435 e. The molecular formula is C23H19F3O. The van der Waals surface area contributed by atoms with Crippen LogP contribution in [0.1, 0.15) is 23.6 Å². The van der Waals surface area contributed by atoms with Gasteiger partial charge < -0.3 is 4.74 Å². The third-order valence-corrected chi connectivity index (χ3v) is 5.12. The normalized spacial score (nSPS) is 12.6. The number of fused-ring (bicyclic) bond motifs is 3. The van der Waals surface area contributed by atoms with Gasteiger partial charge in [-0.3, -0.25) is 0 Å². The minimum atomic E-state index is -2.87.